The number of methoxy groups -OCH3 is 1. The molecule has 1 unspecified atom stereocenters. The number of benzene rings is 1. The van der Waals surface area contributed by atoms with Crippen LogP contribution in [-0.2, 0) is 6.54 Å². The van der Waals surface area contributed by atoms with E-state index in [2.05, 4.69) is 27.6 Å². The van der Waals surface area contributed by atoms with Gasteiger partial charge in [0.15, 0.2) is 17.5 Å². The van der Waals surface area contributed by atoms with E-state index in [1.54, 1.807) is 20.4 Å². The van der Waals surface area contributed by atoms with Crippen LogP contribution >= 0.6 is 24.0 Å². The molecular weight excluding hydrogens is 445 g/mol. The number of hydrogen-bond donors (Lipinski definition) is 2. The Bertz CT molecular complexity index is 676. The van der Waals surface area contributed by atoms with Crippen LogP contribution in [0.2, 0.25) is 0 Å². The van der Waals surface area contributed by atoms with E-state index >= 15 is 0 Å². The number of guanidine groups is 1. The van der Waals surface area contributed by atoms with E-state index in [0.717, 1.165) is 18.8 Å². The molecule has 0 saturated carbocycles. The van der Waals surface area contributed by atoms with E-state index in [0.29, 0.717) is 30.0 Å². The number of nitrogens with zero attached hydrogens (tertiary/aromatic N) is 3. The van der Waals surface area contributed by atoms with Crippen molar-refractivity contribution < 1.29 is 9.47 Å². The molecule has 1 atom stereocenters. The molecule has 1 heterocycles. The fraction of sp³-hybridized carbons (Fsp3) is 0.444. The monoisotopic (exact) mass is 473 g/mol. The highest BCUT2D eigenvalue weighted by Crippen LogP contribution is 2.30. The molecule has 26 heavy (non-hydrogen) atoms. The zero-order chi connectivity index (χ0) is 18.1. The number of rotatable bonds is 8. The van der Waals surface area contributed by atoms with Gasteiger partial charge in [0.1, 0.15) is 0 Å². The fourth-order valence-electron chi connectivity index (χ4n) is 2.40. The van der Waals surface area contributed by atoms with Crippen LogP contribution < -0.4 is 20.1 Å². The van der Waals surface area contributed by atoms with Crippen molar-refractivity contribution in [3.63, 3.8) is 0 Å². The summed E-state index contributed by atoms with van der Waals surface area (Å²) >= 11 is 0. The second kappa shape index (κ2) is 11.6. The van der Waals surface area contributed by atoms with Gasteiger partial charge in [-0.25, -0.2) is 0 Å². The summed E-state index contributed by atoms with van der Waals surface area (Å²) in [5.41, 5.74) is 0.886. The lowest BCUT2D eigenvalue weighted by atomic mass is 10.2. The van der Waals surface area contributed by atoms with Crippen molar-refractivity contribution in [2.24, 2.45) is 10.9 Å². The van der Waals surface area contributed by atoms with E-state index in [1.165, 1.54) is 0 Å². The molecule has 0 aliphatic heterocycles. The van der Waals surface area contributed by atoms with Crippen molar-refractivity contribution in [1.82, 2.24) is 15.1 Å². The van der Waals surface area contributed by atoms with Crippen molar-refractivity contribution in [2.45, 2.75) is 20.4 Å². The van der Waals surface area contributed by atoms with Crippen LogP contribution in [0.1, 0.15) is 13.8 Å². The normalized spacial score (nSPS) is 12.1. The van der Waals surface area contributed by atoms with Gasteiger partial charge < -0.3 is 20.1 Å². The Kier molecular flexibility index (Phi) is 9.85. The quantitative estimate of drug-likeness (QED) is 0.350. The van der Waals surface area contributed by atoms with E-state index in [1.807, 2.05) is 42.1 Å². The summed E-state index contributed by atoms with van der Waals surface area (Å²) in [7, 11) is 3.38. The third-order valence-corrected chi connectivity index (χ3v) is 3.63. The molecule has 0 saturated heterocycles. The summed E-state index contributed by atoms with van der Waals surface area (Å²) < 4.78 is 12.8. The molecule has 0 radical (unpaired) electrons. The third kappa shape index (κ3) is 6.74. The molecule has 7 nitrogen and oxygen atoms in total. The van der Waals surface area contributed by atoms with Crippen LogP contribution in [0.25, 0.3) is 0 Å². The smallest absolute Gasteiger partial charge is 0.195 e. The Labute approximate surface area is 172 Å². The molecule has 0 aliphatic carbocycles. The van der Waals surface area contributed by atoms with Gasteiger partial charge in [-0.2, -0.15) is 5.10 Å². The van der Waals surface area contributed by atoms with Crippen LogP contribution in [0.3, 0.4) is 0 Å². The highest BCUT2D eigenvalue weighted by Gasteiger charge is 2.08. The molecule has 0 spiro atoms. The van der Waals surface area contributed by atoms with Gasteiger partial charge in [0.2, 0.25) is 0 Å². The van der Waals surface area contributed by atoms with E-state index in [4.69, 9.17) is 9.47 Å². The Morgan fingerprint density at radius 1 is 1.35 bits per heavy atom. The number of aromatic nitrogens is 2. The average molecular weight is 473 g/mol. The molecule has 2 rings (SSSR count). The molecule has 2 N–H and O–H groups in total. The number of anilines is 1. The van der Waals surface area contributed by atoms with Gasteiger partial charge in [0, 0.05) is 44.3 Å². The maximum atomic E-state index is 5.61. The average Bonchev–Trinajstić information content (AvgIpc) is 3.12. The number of aliphatic imine (C=N–C) groups is 1. The van der Waals surface area contributed by atoms with Crippen LogP contribution in [-0.4, -0.2) is 43.0 Å². The largest absolute Gasteiger partial charge is 0.493 e. The first-order valence-corrected chi connectivity index (χ1v) is 8.42. The third-order valence-electron chi connectivity index (χ3n) is 3.63. The van der Waals surface area contributed by atoms with Crippen LogP contribution in [0.15, 0.2) is 41.7 Å². The van der Waals surface area contributed by atoms with Gasteiger partial charge in [0.25, 0.3) is 0 Å². The highest BCUT2D eigenvalue weighted by atomic mass is 127. The van der Waals surface area contributed by atoms with Gasteiger partial charge >= 0.3 is 0 Å². The van der Waals surface area contributed by atoms with E-state index in [-0.39, 0.29) is 24.0 Å². The lowest BCUT2D eigenvalue weighted by Gasteiger charge is -2.17. The number of hydrogen-bond acceptors (Lipinski definition) is 4. The summed E-state index contributed by atoms with van der Waals surface area (Å²) in [5.74, 6) is 2.54. The molecule has 0 aliphatic rings. The van der Waals surface area contributed by atoms with Crippen molar-refractivity contribution in [3.05, 3.63) is 36.7 Å². The van der Waals surface area contributed by atoms with Gasteiger partial charge in [0.05, 0.1) is 13.7 Å². The molecule has 2 aromatic rings. The van der Waals surface area contributed by atoms with Gasteiger partial charge in [-0.15, -0.1) is 24.0 Å². The van der Waals surface area contributed by atoms with Crippen molar-refractivity contribution in [1.29, 1.82) is 0 Å². The van der Waals surface area contributed by atoms with Crippen molar-refractivity contribution in [3.8, 4) is 11.5 Å². The Balaban J connectivity index is 0.00000338. The van der Waals surface area contributed by atoms with Crippen LogP contribution in [0.5, 0.6) is 11.5 Å². The van der Waals surface area contributed by atoms with E-state index < -0.39 is 0 Å². The summed E-state index contributed by atoms with van der Waals surface area (Å²) in [4.78, 5) is 4.27. The number of nitrogens with one attached hydrogen (secondary N) is 2. The van der Waals surface area contributed by atoms with E-state index in [9.17, 15) is 0 Å². The molecule has 0 amide bonds. The Morgan fingerprint density at radius 3 is 2.77 bits per heavy atom. The van der Waals surface area contributed by atoms with Gasteiger partial charge in [-0.3, -0.25) is 9.67 Å². The van der Waals surface area contributed by atoms with Gasteiger partial charge in [-0.05, 0) is 31.0 Å². The standard InChI is InChI=1S/C18H27N5O2.HI/c1-5-25-17-11-15(7-8-16(17)24-4)22-18(19-3)20-12-14(2)13-23-10-6-9-21-23;/h6-11,14H,5,12-13H2,1-4H3,(H2,19,20,22);1H. The zero-order valence-corrected chi connectivity index (χ0v) is 18.1. The summed E-state index contributed by atoms with van der Waals surface area (Å²) in [5, 5.41) is 10.8. The fourth-order valence-corrected chi connectivity index (χ4v) is 2.40. The second-order valence-electron chi connectivity index (χ2n) is 5.71. The zero-order valence-electron chi connectivity index (χ0n) is 15.7. The molecule has 8 heteroatoms. The minimum absolute atomic E-state index is 0. The molecule has 1 aromatic carbocycles. The first-order chi connectivity index (χ1) is 12.2. The minimum atomic E-state index is 0. The summed E-state index contributed by atoms with van der Waals surface area (Å²) in [6.45, 7) is 6.34. The highest BCUT2D eigenvalue weighted by molar-refractivity contribution is 14.0. The summed E-state index contributed by atoms with van der Waals surface area (Å²) in [6, 6.07) is 7.64. The van der Waals surface area contributed by atoms with Crippen LogP contribution in [0.4, 0.5) is 5.69 Å². The Hall–Kier alpha value is -1.97. The topological polar surface area (TPSA) is 72.7 Å². The van der Waals surface area contributed by atoms with Crippen molar-refractivity contribution in [2.75, 3.05) is 32.6 Å². The SMILES string of the molecule is CCOc1cc(NC(=NC)NCC(C)Cn2cccn2)ccc1OC.I. The number of ether oxygens (including phenoxy) is 2. The minimum Gasteiger partial charge on any atom is -0.493 e. The Morgan fingerprint density at radius 2 is 2.15 bits per heavy atom. The predicted molar refractivity (Wildman–Crippen MR) is 116 cm³/mol. The summed E-state index contributed by atoms with van der Waals surface area (Å²) in [6.07, 6.45) is 3.76. The molecular formula is C18H28IN5O2. The lowest BCUT2D eigenvalue weighted by Crippen LogP contribution is -2.35. The molecule has 1 aromatic heterocycles. The molecule has 144 valence electrons. The maximum absolute atomic E-state index is 5.61. The molecule has 0 bridgehead atoms. The lowest BCUT2D eigenvalue weighted by molar-refractivity contribution is 0.311. The predicted octanol–water partition coefficient (Wildman–Crippen LogP) is 3.23. The first-order valence-electron chi connectivity index (χ1n) is 8.42. The first kappa shape index (κ1) is 22.1. The van der Waals surface area contributed by atoms with Crippen LogP contribution in [0, 0.1) is 5.92 Å². The number of halogens is 1. The molecule has 0 fully saturated rings. The second-order valence-corrected chi connectivity index (χ2v) is 5.71. The van der Waals surface area contributed by atoms with Gasteiger partial charge in [-0.1, -0.05) is 6.92 Å². The van der Waals surface area contributed by atoms with Crippen molar-refractivity contribution >= 4 is 35.6 Å². The maximum Gasteiger partial charge on any atom is 0.195 e.